The zero-order valence-corrected chi connectivity index (χ0v) is 16.1. The van der Waals surface area contributed by atoms with Gasteiger partial charge in [-0.05, 0) is 30.9 Å². The van der Waals surface area contributed by atoms with Gasteiger partial charge in [0.05, 0.1) is 19.1 Å². The van der Waals surface area contributed by atoms with E-state index in [9.17, 15) is 10.1 Å². The maximum Gasteiger partial charge on any atom is 0.161 e. The number of rotatable bonds is 3. The molecule has 0 radical (unpaired) electrons. The van der Waals surface area contributed by atoms with Crippen LogP contribution in [-0.2, 0) is 4.79 Å². The molecular formula is C24H22N2O2. The third-order valence-corrected chi connectivity index (χ3v) is 5.77. The highest BCUT2D eigenvalue weighted by molar-refractivity contribution is 6.03. The molecule has 0 fully saturated rings. The Kier molecular flexibility index (Phi) is 4.83. The number of nitriles is 1. The third kappa shape index (κ3) is 3.03. The number of nitrogens with zero attached hydrogens (tertiary/aromatic N) is 2. The van der Waals surface area contributed by atoms with Gasteiger partial charge in [0, 0.05) is 34.9 Å². The highest BCUT2D eigenvalue weighted by Gasteiger charge is 2.42. The highest BCUT2D eigenvalue weighted by Crippen LogP contribution is 2.48. The summed E-state index contributed by atoms with van der Waals surface area (Å²) in [4.78, 5) is 18.0. The molecule has 1 unspecified atom stereocenters. The molecule has 1 heterocycles. The number of ether oxygens (including phenoxy) is 1. The molecule has 3 atom stereocenters. The molecule has 0 aromatic heterocycles. The third-order valence-electron chi connectivity index (χ3n) is 5.77. The summed E-state index contributed by atoms with van der Waals surface area (Å²) in [5.74, 6) is 0.112. The van der Waals surface area contributed by atoms with Crippen LogP contribution < -0.4 is 4.74 Å². The lowest BCUT2D eigenvalue weighted by molar-refractivity contribution is -0.116. The first-order chi connectivity index (χ1) is 13.6. The Morgan fingerprint density at radius 3 is 2.50 bits per heavy atom. The lowest BCUT2D eigenvalue weighted by atomic mass is 9.69. The number of hydrogen-bond acceptors (Lipinski definition) is 4. The molecule has 140 valence electrons. The van der Waals surface area contributed by atoms with Crippen molar-refractivity contribution in [2.45, 2.75) is 31.6 Å². The number of hydrogen-bond donors (Lipinski definition) is 0. The monoisotopic (exact) mass is 370 g/mol. The van der Waals surface area contributed by atoms with E-state index in [0.29, 0.717) is 24.2 Å². The molecule has 2 aliphatic rings. The van der Waals surface area contributed by atoms with Gasteiger partial charge in [-0.1, -0.05) is 48.5 Å². The summed E-state index contributed by atoms with van der Waals surface area (Å²) in [5.41, 5.74) is 4.31. The second kappa shape index (κ2) is 7.44. The number of ketones is 1. The van der Waals surface area contributed by atoms with Crippen molar-refractivity contribution in [3.05, 3.63) is 77.0 Å². The van der Waals surface area contributed by atoms with Gasteiger partial charge in [-0.3, -0.25) is 9.79 Å². The maximum atomic E-state index is 13.3. The van der Waals surface area contributed by atoms with E-state index in [4.69, 9.17) is 9.73 Å². The average Bonchev–Trinajstić information content (AvgIpc) is 2.73. The molecule has 4 rings (SSSR count). The van der Waals surface area contributed by atoms with Gasteiger partial charge in [0.1, 0.15) is 5.75 Å². The molecule has 4 heteroatoms. The molecule has 0 N–H and O–H groups in total. The zero-order chi connectivity index (χ0) is 19.7. The van der Waals surface area contributed by atoms with Gasteiger partial charge in [-0.25, -0.2) is 0 Å². The fourth-order valence-electron chi connectivity index (χ4n) is 4.45. The van der Waals surface area contributed by atoms with Crippen LogP contribution in [0.25, 0.3) is 0 Å². The van der Waals surface area contributed by atoms with Gasteiger partial charge in [0.2, 0.25) is 0 Å². The summed E-state index contributed by atoms with van der Waals surface area (Å²) in [6, 6.07) is 20.2. The summed E-state index contributed by atoms with van der Waals surface area (Å²) in [5, 5.41) is 9.86. The first-order valence-electron chi connectivity index (χ1n) is 9.53. The Bertz CT molecular complexity index is 1010. The van der Waals surface area contributed by atoms with E-state index in [1.54, 1.807) is 7.11 Å². The van der Waals surface area contributed by atoms with Crippen LogP contribution in [0.15, 0.2) is 70.9 Å². The van der Waals surface area contributed by atoms with Gasteiger partial charge in [0.25, 0.3) is 0 Å². The smallest absolute Gasteiger partial charge is 0.161 e. The Morgan fingerprint density at radius 2 is 1.79 bits per heavy atom. The van der Waals surface area contributed by atoms with Gasteiger partial charge in [-0.2, -0.15) is 5.26 Å². The second-order valence-electron chi connectivity index (χ2n) is 7.38. The number of Topliss-reactive ketones (excluding diaryl/α,β-unsaturated/α-hetero) is 1. The summed E-state index contributed by atoms with van der Waals surface area (Å²) in [6.07, 6.45) is 1.16. The van der Waals surface area contributed by atoms with Crippen LogP contribution >= 0.6 is 0 Å². The van der Waals surface area contributed by atoms with Gasteiger partial charge < -0.3 is 4.74 Å². The Hall–Kier alpha value is -3.19. The average molecular weight is 370 g/mol. The van der Waals surface area contributed by atoms with E-state index in [2.05, 4.69) is 18.2 Å². The molecule has 0 saturated heterocycles. The van der Waals surface area contributed by atoms with E-state index in [1.807, 2.05) is 49.4 Å². The molecule has 2 aromatic rings. The maximum absolute atomic E-state index is 13.3. The Balaban J connectivity index is 1.83. The molecule has 0 spiro atoms. The quantitative estimate of drug-likeness (QED) is 0.780. The van der Waals surface area contributed by atoms with Gasteiger partial charge >= 0.3 is 0 Å². The standard InChI is InChI=1S/C24H22N2O2/c1-15-19(14-25)23(18-10-6-7-11-22(18)28-2)24-20(26-15)12-17(13-21(24)27)16-8-4-3-5-9-16/h3-11,17,19,23H,12-13H2,1-2H3/t17-,19?,23-/m0/s1. The summed E-state index contributed by atoms with van der Waals surface area (Å²) < 4.78 is 5.55. The molecule has 0 saturated carbocycles. The van der Waals surface area contributed by atoms with Crippen LogP contribution in [-0.4, -0.2) is 18.6 Å². The Labute approximate surface area is 165 Å². The fourth-order valence-corrected chi connectivity index (χ4v) is 4.45. The summed E-state index contributed by atoms with van der Waals surface area (Å²) in [7, 11) is 1.62. The summed E-state index contributed by atoms with van der Waals surface area (Å²) >= 11 is 0. The number of para-hydroxylation sites is 1. The number of benzene rings is 2. The molecule has 2 aromatic carbocycles. The number of allylic oxidation sites excluding steroid dienone is 2. The minimum absolute atomic E-state index is 0.0857. The summed E-state index contributed by atoms with van der Waals surface area (Å²) in [6.45, 7) is 1.89. The molecule has 4 nitrogen and oxygen atoms in total. The van der Waals surface area contributed by atoms with Gasteiger partial charge in [-0.15, -0.1) is 0 Å². The van der Waals surface area contributed by atoms with Crippen molar-refractivity contribution in [3.63, 3.8) is 0 Å². The minimum Gasteiger partial charge on any atom is -0.496 e. The molecule has 0 bridgehead atoms. The van der Waals surface area contributed by atoms with E-state index >= 15 is 0 Å². The fraction of sp³-hybridized carbons (Fsp3) is 0.292. The molecular weight excluding hydrogens is 348 g/mol. The normalized spacial score (nSPS) is 24.2. The lowest BCUT2D eigenvalue weighted by Crippen LogP contribution is -2.32. The van der Waals surface area contributed by atoms with Crippen molar-refractivity contribution < 1.29 is 9.53 Å². The number of carbonyl (C=O) groups excluding carboxylic acids is 1. The van der Waals surface area contributed by atoms with Crippen LogP contribution in [0.3, 0.4) is 0 Å². The van der Waals surface area contributed by atoms with Gasteiger partial charge in [0.15, 0.2) is 5.78 Å². The van der Waals surface area contributed by atoms with E-state index in [1.165, 1.54) is 0 Å². The van der Waals surface area contributed by atoms with Crippen LogP contribution in [0.5, 0.6) is 5.75 Å². The van der Waals surface area contributed by atoms with Crippen molar-refractivity contribution in [1.29, 1.82) is 5.26 Å². The number of carbonyl (C=O) groups is 1. The van der Waals surface area contributed by atoms with Crippen LogP contribution in [0, 0.1) is 17.2 Å². The van der Waals surface area contributed by atoms with E-state index < -0.39 is 5.92 Å². The van der Waals surface area contributed by atoms with Crippen molar-refractivity contribution in [3.8, 4) is 11.8 Å². The van der Waals surface area contributed by atoms with Crippen molar-refractivity contribution in [1.82, 2.24) is 0 Å². The van der Waals surface area contributed by atoms with Crippen LogP contribution in [0.2, 0.25) is 0 Å². The second-order valence-corrected chi connectivity index (χ2v) is 7.38. The molecule has 28 heavy (non-hydrogen) atoms. The predicted molar refractivity (Wildman–Crippen MR) is 108 cm³/mol. The van der Waals surface area contributed by atoms with Crippen molar-refractivity contribution in [2.24, 2.45) is 10.9 Å². The van der Waals surface area contributed by atoms with Crippen LogP contribution in [0.4, 0.5) is 0 Å². The van der Waals surface area contributed by atoms with E-state index in [-0.39, 0.29) is 17.6 Å². The SMILES string of the molecule is COc1ccccc1[C@@H]1C2=C(C[C@H](c3ccccc3)CC2=O)N=C(C)C1C#N. The topological polar surface area (TPSA) is 62.4 Å². The lowest BCUT2D eigenvalue weighted by Gasteiger charge is -2.35. The Morgan fingerprint density at radius 1 is 1.07 bits per heavy atom. The highest BCUT2D eigenvalue weighted by atomic mass is 16.5. The first-order valence-corrected chi connectivity index (χ1v) is 9.53. The number of aliphatic imine (C=N–C) groups is 1. The predicted octanol–water partition coefficient (Wildman–Crippen LogP) is 4.79. The molecule has 0 amide bonds. The number of methoxy groups -OCH3 is 1. The molecule has 1 aliphatic heterocycles. The first kappa shape index (κ1) is 18.2. The van der Waals surface area contributed by atoms with Crippen molar-refractivity contribution >= 4 is 11.5 Å². The largest absolute Gasteiger partial charge is 0.496 e. The van der Waals surface area contributed by atoms with Crippen LogP contribution in [0.1, 0.15) is 42.7 Å². The van der Waals surface area contributed by atoms with E-state index in [0.717, 1.165) is 22.5 Å². The molecule has 1 aliphatic carbocycles. The zero-order valence-electron chi connectivity index (χ0n) is 16.1. The van der Waals surface area contributed by atoms with Crippen molar-refractivity contribution in [2.75, 3.05) is 7.11 Å². The minimum atomic E-state index is -0.465.